The van der Waals surface area contributed by atoms with Crippen LogP contribution in [0.5, 0.6) is 0 Å². The molecule has 0 N–H and O–H groups in total. The van der Waals surface area contributed by atoms with E-state index >= 15 is 0 Å². The lowest BCUT2D eigenvalue weighted by Crippen LogP contribution is -2.62. The van der Waals surface area contributed by atoms with E-state index in [1.807, 2.05) is 0 Å². The van der Waals surface area contributed by atoms with Crippen molar-refractivity contribution in [2.45, 2.75) is 174 Å². The molecule has 1 saturated carbocycles. The van der Waals surface area contributed by atoms with Crippen LogP contribution in [0.3, 0.4) is 0 Å². The van der Waals surface area contributed by atoms with E-state index in [9.17, 15) is 0 Å². The fraction of sp³-hybridized carbons (Fsp3) is 0.333. The van der Waals surface area contributed by atoms with Crippen molar-refractivity contribution in [3.8, 4) is 22.3 Å². The van der Waals surface area contributed by atoms with Gasteiger partial charge in [0.15, 0.2) is 0 Å². The number of fused-ring (bicyclic) bond motifs is 7. The van der Waals surface area contributed by atoms with E-state index in [-0.39, 0.29) is 44.7 Å². The van der Waals surface area contributed by atoms with Crippen molar-refractivity contribution in [1.82, 2.24) is 0 Å². The number of hydrogen-bond donors (Lipinski definition) is 0. The monoisotopic (exact) mass is 1110 g/mol. The second-order valence-electron chi connectivity index (χ2n) is 30.8. The Morgan fingerprint density at radius 2 is 0.765 bits per heavy atom. The van der Waals surface area contributed by atoms with Crippen LogP contribution >= 0.6 is 0 Å². The molecule has 3 nitrogen and oxygen atoms in total. The summed E-state index contributed by atoms with van der Waals surface area (Å²) in [7, 11) is 0. The lowest BCUT2D eigenvalue weighted by atomic mass is 9.33. The van der Waals surface area contributed by atoms with Gasteiger partial charge in [0.2, 0.25) is 0 Å². The van der Waals surface area contributed by atoms with Crippen LogP contribution in [0.25, 0.3) is 22.3 Å². The first-order valence-corrected chi connectivity index (χ1v) is 31.7. The van der Waals surface area contributed by atoms with E-state index in [2.05, 4.69) is 320 Å². The van der Waals surface area contributed by atoms with Crippen LogP contribution in [0.1, 0.15) is 175 Å². The summed E-state index contributed by atoms with van der Waals surface area (Å²) in [4.78, 5) is 8.25. The van der Waals surface area contributed by atoms with Crippen LogP contribution in [-0.4, -0.2) is 12.3 Å². The molecule has 0 aromatic heterocycles. The number of hydrogen-bond acceptors (Lipinski definition) is 3. The van der Waals surface area contributed by atoms with Crippen LogP contribution in [0.4, 0.5) is 45.5 Å². The highest BCUT2D eigenvalue weighted by Crippen LogP contribution is 2.65. The van der Waals surface area contributed by atoms with E-state index in [1.54, 1.807) is 0 Å². The van der Waals surface area contributed by atoms with Gasteiger partial charge in [-0.1, -0.05) is 256 Å². The second-order valence-corrected chi connectivity index (χ2v) is 30.8. The summed E-state index contributed by atoms with van der Waals surface area (Å²) in [5.74, 6) is 0. The van der Waals surface area contributed by atoms with E-state index in [4.69, 9.17) is 0 Å². The Labute approximate surface area is 510 Å². The van der Waals surface area contributed by atoms with Gasteiger partial charge in [-0.2, -0.15) is 0 Å². The fourth-order valence-corrected chi connectivity index (χ4v) is 15.3. The van der Waals surface area contributed by atoms with Gasteiger partial charge in [-0.15, -0.1) is 0 Å². The summed E-state index contributed by atoms with van der Waals surface area (Å²) in [6, 6.07) is 76.7. The minimum Gasteiger partial charge on any atom is -0.334 e. The normalized spacial score (nSPS) is 18.4. The number of nitrogens with zero attached hydrogens (tertiary/aromatic N) is 3. The number of rotatable bonds is 6. The quantitative estimate of drug-likeness (QED) is 0.154. The maximum absolute atomic E-state index is 2.87. The van der Waals surface area contributed by atoms with E-state index in [0.717, 1.165) is 19.3 Å². The van der Waals surface area contributed by atoms with Crippen molar-refractivity contribution >= 4 is 68.6 Å². The summed E-state index contributed by atoms with van der Waals surface area (Å²) in [6.45, 7) is 37.9. The first-order valence-electron chi connectivity index (χ1n) is 31.7. The molecular weight excluding hydrogens is 1030 g/mol. The first kappa shape index (κ1) is 56.6. The standard InChI is InChI=1S/C81H88BN3/c1-75(2,3)55-33-35-56(36-34-55)81-46-26-25-45-80(81,16)85(69-43-39-59(49-64(69)81)78(10,11)12)61-51-72-74-73(52-61)84(68-42-38-58(77(7,8)9)48-63(68)54-29-21-18-22-30-54)71-44-40-60(79(13,14)15)50-66(71)82(74)65-31-23-24-32-70(65)83(72)67-41-37-57(76(4,5)6)47-62(67)53-27-19-17-20-28-53/h17-24,27-44,47-52H,25-26,45-46H2,1-16H3. The molecule has 4 aliphatic rings. The number of benzene rings is 9. The molecule has 9 aromatic rings. The molecule has 4 heteroatoms. The molecule has 0 radical (unpaired) electrons. The smallest absolute Gasteiger partial charge is 0.252 e. The molecule has 2 unspecified atom stereocenters. The minimum absolute atomic E-state index is 0.0392. The molecular formula is C81H88BN3. The lowest BCUT2D eigenvalue weighted by Gasteiger charge is -2.53. The highest BCUT2D eigenvalue weighted by molar-refractivity contribution is 7.00. The third-order valence-electron chi connectivity index (χ3n) is 20.1. The third kappa shape index (κ3) is 9.13. The van der Waals surface area contributed by atoms with Crippen molar-refractivity contribution in [2.24, 2.45) is 0 Å². The van der Waals surface area contributed by atoms with Gasteiger partial charge >= 0.3 is 0 Å². The first-order chi connectivity index (χ1) is 40.2. The van der Waals surface area contributed by atoms with Crippen molar-refractivity contribution in [1.29, 1.82) is 0 Å². The van der Waals surface area contributed by atoms with Crippen LogP contribution in [0.2, 0.25) is 0 Å². The largest absolute Gasteiger partial charge is 0.334 e. The lowest BCUT2D eigenvalue weighted by molar-refractivity contribution is 0.215. The Morgan fingerprint density at radius 3 is 1.27 bits per heavy atom. The molecule has 3 heterocycles. The highest BCUT2D eigenvalue weighted by atomic mass is 15.3. The van der Waals surface area contributed by atoms with Crippen molar-refractivity contribution in [2.75, 3.05) is 14.7 Å². The molecule has 3 aliphatic heterocycles. The molecule has 0 amide bonds. The maximum Gasteiger partial charge on any atom is 0.252 e. The molecule has 0 bridgehead atoms. The summed E-state index contributed by atoms with van der Waals surface area (Å²) in [5, 5.41) is 0. The van der Waals surface area contributed by atoms with Crippen LogP contribution in [-0.2, 0) is 32.5 Å². The molecule has 1 aliphatic carbocycles. The zero-order chi connectivity index (χ0) is 60.0. The summed E-state index contributed by atoms with van der Waals surface area (Å²) in [5.41, 5.74) is 27.4. The Bertz CT molecular complexity index is 4040. The molecule has 0 spiro atoms. The van der Waals surface area contributed by atoms with Crippen molar-refractivity contribution < 1.29 is 0 Å². The Hall–Kier alpha value is -7.56. The van der Waals surface area contributed by atoms with Crippen molar-refractivity contribution in [3.05, 3.63) is 233 Å². The number of para-hydroxylation sites is 1. The summed E-state index contributed by atoms with van der Waals surface area (Å²) >= 11 is 0. The van der Waals surface area contributed by atoms with Gasteiger partial charge in [0.05, 0.1) is 16.9 Å². The van der Waals surface area contributed by atoms with Gasteiger partial charge in [0.25, 0.3) is 6.71 Å². The maximum atomic E-state index is 2.87. The van der Waals surface area contributed by atoms with Gasteiger partial charge in [-0.25, -0.2) is 0 Å². The second kappa shape index (κ2) is 19.7. The van der Waals surface area contributed by atoms with Gasteiger partial charge < -0.3 is 14.7 Å². The van der Waals surface area contributed by atoms with E-state index < -0.39 is 0 Å². The van der Waals surface area contributed by atoms with Crippen LogP contribution < -0.4 is 31.1 Å². The number of anilines is 8. The SMILES string of the molecule is CC(C)(C)c1ccc(C23CCCCC2(C)N(c2cc4c5c(c2)N(c2ccc(C(C)(C)C)cc2-c2ccccc2)c2ccc(C(C)(C)C)cc2B5c2ccccc2N4c2ccc(C(C)(C)C)cc2-c2ccccc2)c2ccc(C(C)(C)C)cc23)cc1. The van der Waals surface area contributed by atoms with Crippen molar-refractivity contribution in [3.63, 3.8) is 0 Å². The predicted octanol–water partition coefficient (Wildman–Crippen LogP) is 20.4. The van der Waals surface area contributed by atoms with Crippen LogP contribution in [0.15, 0.2) is 194 Å². The average Bonchev–Trinajstić information content (AvgIpc) is 1.69. The Kier molecular flexibility index (Phi) is 13.1. The zero-order valence-corrected chi connectivity index (χ0v) is 53.7. The van der Waals surface area contributed by atoms with Gasteiger partial charge in [-0.05, 0) is 168 Å². The zero-order valence-electron chi connectivity index (χ0n) is 53.7. The topological polar surface area (TPSA) is 9.72 Å². The fourth-order valence-electron chi connectivity index (χ4n) is 15.3. The molecule has 13 rings (SSSR count). The summed E-state index contributed by atoms with van der Waals surface area (Å²) < 4.78 is 0. The minimum atomic E-state index is -0.336. The predicted molar refractivity (Wildman–Crippen MR) is 368 cm³/mol. The van der Waals surface area contributed by atoms with Gasteiger partial charge in [0.1, 0.15) is 0 Å². The highest BCUT2D eigenvalue weighted by Gasteiger charge is 2.62. The molecule has 2 atom stereocenters. The molecule has 85 heavy (non-hydrogen) atoms. The van der Waals surface area contributed by atoms with Crippen LogP contribution in [0, 0.1) is 0 Å². The van der Waals surface area contributed by atoms with Gasteiger partial charge in [-0.3, -0.25) is 0 Å². The Balaban J connectivity index is 1.19. The summed E-state index contributed by atoms with van der Waals surface area (Å²) in [6.07, 6.45) is 4.46. The average molecular weight is 1110 g/mol. The molecule has 1 fully saturated rings. The third-order valence-corrected chi connectivity index (χ3v) is 20.1. The molecule has 0 saturated heterocycles. The van der Waals surface area contributed by atoms with E-state index in [0.29, 0.717) is 0 Å². The Morgan fingerprint density at radius 1 is 0.353 bits per heavy atom. The van der Waals surface area contributed by atoms with Gasteiger partial charge in [0, 0.05) is 50.7 Å². The molecule has 430 valence electrons. The molecule has 9 aromatic carbocycles. The van der Waals surface area contributed by atoms with E-state index in [1.165, 1.54) is 130 Å².